The van der Waals surface area contributed by atoms with Gasteiger partial charge >= 0.3 is 0 Å². The zero-order valence-corrected chi connectivity index (χ0v) is 14.0. The van der Waals surface area contributed by atoms with Gasteiger partial charge in [0.1, 0.15) is 6.04 Å². The maximum absolute atomic E-state index is 12.5. The molecule has 2 unspecified atom stereocenters. The Labute approximate surface area is 138 Å². The van der Waals surface area contributed by atoms with E-state index >= 15 is 0 Å². The van der Waals surface area contributed by atoms with Crippen LogP contribution in [0.15, 0.2) is 30.3 Å². The quantitative estimate of drug-likeness (QED) is 0.739. The summed E-state index contributed by atoms with van der Waals surface area (Å²) >= 11 is 0. The van der Waals surface area contributed by atoms with Gasteiger partial charge in [-0.15, -0.1) is 0 Å². The van der Waals surface area contributed by atoms with E-state index < -0.39 is 6.04 Å². The second kappa shape index (κ2) is 8.67. The van der Waals surface area contributed by atoms with Crippen LogP contribution in [0.1, 0.15) is 32.3 Å². The SMILES string of the molecule is CC(C)C(NC(=O)Cc1ccccc1)C(=O)NC1CCCNC1. The predicted octanol–water partition coefficient (Wildman–Crippen LogP) is 1.24. The molecule has 1 fully saturated rings. The highest BCUT2D eigenvalue weighted by molar-refractivity contribution is 5.88. The largest absolute Gasteiger partial charge is 0.350 e. The van der Waals surface area contributed by atoms with E-state index in [2.05, 4.69) is 16.0 Å². The van der Waals surface area contributed by atoms with Gasteiger partial charge in [-0.05, 0) is 30.9 Å². The summed E-state index contributed by atoms with van der Waals surface area (Å²) in [6, 6.07) is 9.23. The summed E-state index contributed by atoms with van der Waals surface area (Å²) in [7, 11) is 0. The highest BCUT2D eigenvalue weighted by Gasteiger charge is 2.26. The lowest BCUT2D eigenvalue weighted by Crippen LogP contribution is -2.55. The zero-order chi connectivity index (χ0) is 16.7. The maximum atomic E-state index is 12.5. The molecule has 0 aliphatic carbocycles. The molecule has 5 heteroatoms. The molecule has 0 bridgehead atoms. The average Bonchev–Trinajstić information content (AvgIpc) is 2.54. The van der Waals surface area contributed by atoms with Crippen LogP contribution in [0.3, 0.4) is 0 Å². The monoisotopic (exact) mass is 317 g/mol. The molecule has 0 radical (unpaired) electrons. The van der Waals surface area contributed by atoms with Gasteiger partial charge in [0.2, 0.25) is 11.8 Å². The fraction of sp³-hybridized carbons (Fsp3) is 0.556. The summed E-state index contributed by atoms with van der Waals surface area (Å²) in [6.07, 6.45) is 2.35. The lowest BCUT2D eigenvalue weighted by molar-refractivity contribution is -0.130. The average molecular weight is 317 g/mol. The fourth-order valence-electron chi connectivity index (χ4n) is 2.81. The smallest absolute Gasteiger partial charge is 0.243 e. The van der Waals surface area contributed by atoms with Crippen LogP contribution in [0, 0.1) is 5.92 Å². The number of piperidine rings is 1. The topological polar surface area (TPSA) is 70.2 Å². The molecular weight excluding hydrogens is 290 g/mol. The molecule has 1 aliphatic heterocycles. The third kappa shape index (κ3) is 5.67. The van der Waals surface area contributed by atoms with Crippen LogP contribution >= 0.6 is 0 Å². The number of carbonyl (C=O) groups excluding carboxylic acids is 2. The Bertz CT molecular complexity index is 510. The van der Waals surface area contributed by atoms with E-state index in [9.17, 15) is 9.59 Å². The lowest BCUT2D eigenvalue weighted by Gasteiger charge is -2.28. The van der Waals surface area contributed by atoms with Crippen LogP contribution < -0.4 is 16.0 Å². The van der Waals surface area contributed by atoms with Crippen molar-refractivity contribution in [1.82, 2.24) is 16.0 Å². The number of carbonyl (C=O) groups is 2. The summed E-state index contributed by atoms with van der Waals surface area (Å²) in [4.78, 5) is 24.7. The summed E-state index contributed by atoms with van der Waals surface area (Å²) < 4.78 is 0. The van der Waals surface area contributed by atoms with Crippen LogP contribution in [0.5, 0.6) is 0 Å². The van der Waals surface area contributed by atoms with Crippen molar-refractivity contribution in [3.8, 4) is 0 Å². The summed E-state index contributed by atoms with van der Waals surface area (Å²) in [6.45, 7) is 5.71. The van der Waals surface area contributed by atoms with Crippen molar-refractivity contribution in [1.29, 1.82) is 0 Å². The second-order valence-corrected chi connectivity index (χ2v) is 6.50. The molecular formula is C18H27N3O2. The van der Waals surface area contributed by atoms with Crippen LogP contribution in [0.2, 0.25) is 0 Å². The van der Waals surface area contributed by atoms with E-state index in [1.54, 1.807) is 0 Å². The molecule has 5 nitrogen and oxygen atoms in total. The van der Waals surface area contributed by atoms with Crippen LogP contribution in [0.25, 0.3) is 0 Å². The Kier molecular flexibility index (Phi) is 6.59. The molecule has 1 aromatic carbocycles. The zero-order valence-electron chi connectivity index (χ0n) is 14.0. The molecule has 2 atom stereocenters. The summed E-state index contributed by atoms with van der Waals surface area (Å²) in [5, 5.41) is 9.22. The number of rotatable bonds is 6. The van der Waals surface area contributed by atoms with Gasteiger partial charge in [-0.2, -0.15) is 0 Å². The first-order valence-electron chi connectivity index (χ1n) is 8.40. The summed E-state index contributed by atoms with van der Waals surface area (Å²) in [5.74, 6) is -0.159. The first-order chi connectivity index (χ1) is 11.1. The van der Waals surface area contributed by atoms with Gasteiger partial charge < -0.3 is 16.0 Å². The van der Waals surface area contributed by atoms with Crippen molar-refractivity contribution in [2.45, 2.75) is 45.2 Å². The van der Waals surface area contributed by atoms with Gasteiger partial charge in [0.05, 0.1) is 6.42 Å². The standard InChI is InChI=1S/C18H27N3O2/c1-13(2)17(18(23)20-15-9-6-10-19-12-15)21-16(22)11-14-7-4-3-5-8-14/h3-5,7-8,13,15,17,19H,6,9-12H2,1-2H3,(H,20,23)(H,21,22). The minimum absolute atomic E-state index is 0.0475. The minimum Gasteiger partial charge on any atom is -0.350 e. The molecule has 2 amide bonds. The fourth-order valence-corrected chi connectivity index (χ4v) is 2.81. The minimum atomic E-state index is -0.492. The molecule has 0 saturated carbocycles. The number of hydrogen-bond acceptors (Lipinski definition) is 3. The Balaban J connectivity index is 1.89. The number of benzene rings is 1. The number of nitrogens with one attached hydrogen (secondary N) is 3. The second-order valence-electron chi connectivity index (χ2n) is 6.50. The van der Waals surface area contributed by atoms with Crippen molar-refractivity contribution in [2.24, 2.45) is 5.92 Å². The van der Waals surface area contributed by atoms with Gasteiger partial charge in [0.15, 0.2) is 0 Å². The van der Waals surface area contributed by atoms with E-state index in [1.807, 2.05) is 44.2 Å². The van der Waals surface area contributed by atoms with E-state index in [0.29, 0.717) is 6.42 Å². The Morgan fingerprint density at radius 2 is 2.00 bits per heavy atom. The maximum Gasteiger partial charge on any atom is 0.243 e. The van der Waals surface area contributed by atoms with E-state index in [1.165, 1.54) is 0 Å². The van der Waals surface area contributed by atoms with Crippen LogP contribution in [-0.4, -0.2) is 37.0 Å². The number of hydrogen-bond donors (Lipinski definition) is 3. The molecule has 0 aromatic heterocycles. The molecule has 126 valence electrons. The van der Waals surface area contributed by atoms with Crippen LogP contribution in [-0.2, 0) is 16.0 Å². The molecule has 1 aromatic rings. The van der Waals surface area contributed by atoms with Gasteiger partial charge in [0, 0.05) is 12.6 Å². The van der Waals surface area contributed by atoms with Gasteiger partial charge in [0.25, 0.3) is 0 Å². The van der Waals surface area contributed by atoms with Gasteiger partial charge in [-0.25, -0.2) is 0 Å². The van der Waals surface area contributed by atoms with Crippen molar-refractivity contribution < 1.29 is 9.59 Å². The van der Waals surface area contributed by atoms with Crippen molar-refractivity contribution in [3.05, 3.63) is 35.9 Å². The molecule has 3 N–H and O–H groups in total. The Morgan fingerprint density at radius 1 is 1.26 bits per heavy atom. The van der Waals surface area contributed by atoms with Gasteiger partial charge in [-0.1, -0.05) is 44.2 Å². The van der Waals surface area contributed by atoms with Gasteiger partial charge in [-0.3, -0.25) is 9.59 Å². The highest BCUT2D eigenvalue weighted by Crippen LogP contribution is 2.07. The Hall–Kier alpha value is -1.88. The van der Waals surface area contributed by atoms with E-state index in [4.69, 9.17) is 0 Å². The van der Waals surface area contributed by atoms with E-state index in [-0.39, 0.29) is 23.8 Å². The van der Waals surface area contributed by atoms with E-state index in [0.717, 1.165) is 31.5 Å². The third-order valence-electron chi connectivity index (χ3n) is 4.12. The third-order valence-corrected chi connectivity index (χ3v) is 4.12. The first-order valence-corrected chi connectivity index (χ1v) is 8.40. The summed E-state index contributed by atoms with van der Waals surface area (Å²) in [5.41, 5.74) is 0.949. The highest BCUT2D eigenvalue weighted by atomic mass is 16.2. The van der Waals surface area contributed by atoms with Crippen molar-refractivity contribution in [2.75, 3.05) is 13.1 Å². The molecule has 1 aliphatic rings. The number of amides is 2. The predicted molar refractivity (Wildman–Crippen MR) is 90.9 cm³/mol. The van der Waals surface area contributed by atoms with Crippen molar-refractivity contribution in [3.63, 3.8) is 0 Å². The molecule has 2 rings (SSSR count). The van der Waals surface area contributed by atoms with Crippen molar-refractivity contribution >= 4 is 11.8 Å². The molecule has 23 heavy (non-hydrogen) atoms. The molecule has 1 saturated heterocycles. The van der Waals surface area contributed by atoms with Crippen LogP contribution in [0.4, 0.5) is 0 Å². The Morgan fingerprint density at radius 3 is 2.61 bits per heavy atom. The first kappa shape index (κ1) is 17.5. The molecule has 0 spiro atoms. The molecule has 1 heterocycles. The normalized spacial score (nSPS) is 19.2. The lowest BCUT2D eigenvalue weighted by atomic mass is 10.0.